The maximum atomic E-state index is 14.7. The van der Waals surface area contributed by atoms with Gasteiger partial charge in [0.15, 0.2) is 5.69 Å². The topological polar surface area (TPSA) is 114 Å². The van der Waals surface area contributed by atoms with Crippen molar-refractivity contribution < 1.29 is 28.6 Å². The van der Waals surface area contributed by atoms with E-state index in [1.165, 1.54) is 36.2 Å². The van der Waals surface area contributed by atoms with Crippen LogP contribution in [0.15, 0.2) is 84.9 Å². The second kappa shape index (κ2) is 11.4. The molecule has 2 N–H and O–H groups in total. The molecule has 1 heterocycles. The Bertz CT molecular complexity index is 1470. The molecule has 4 aromatic rings. The predicted molar refractivity (Wildman–Crippen MR) is 138 cm³/mol. The highest BCUT2D eigenvalue weighted by Gasteiger charge is 2.25. The summed E-state index contributed by atoms with van der Waals surface area (Å²) in [7, 11) is 1.51. The fourth-order valence-electron chi connectivity index (χ4n) is 3.88. The zero-order valence-corrected chi connectivity index (χ0v) is 20.7. The van der Waals surface area contributed by atoms with Crippen LogP contribution in [-0.2, 0) is 4.79 Å². The van der Waals surface area contributed by atoms with E-state index < -0.39 is 29.8 Å². The second-order valence-corrected chi connectivity index (χ2v) is 8.47. The number of benzene rings is 3. The van der Waals surface area contributed by atoms with Crippen LogP contribution in [0, 0.1) is 12.7 Å². The Labute approximate surface area is 218 Å². The number of aromatic nitrogens is 2. The number of amides is 2. The third kappa shape index (κ3) is 5.86. The molecule has 3 aromatic carbocycles. The van der Waals surface area contributed by atoms with E-state index in [2.05, 4.69) is 10.4 Å². The van der Waals surface area contributed by atoms with Gasteiger partial charge in [0.25, 0.3) is 5.91 Å². The zero-order chi connectivity index (χ0) is 27.2. The number of hydrogen-bond donors (Lipinski definition) is 2. The first kappa shape index (κ1) is 26.1. The number of aliphatic carboxylic acids is 1. The van der Waals surface area contributed by atoms with Gasteiger partial charge >= 0.3 is 12.1 Å². The van der Waals surface area contributed by atoms with Crippen molar-refractivity contribution in [2.45, 2.75) is 19.4 Å². The van der Waals surface area contributed by atoms with Gasteiger partial charge in [0.1, 0.15) is 11.5 Å². The summed E-state index contributed by atoms with van der Waals surface area (Å²) in [5.41, 5.74) is 1.75. The minimum absolute atomic E-state index is 0.0438. The molecular weight excluding hydrogens is 491 g/mol. The quantitative estimate of drug-likeness (QED) is 0.344. The third-order valence-corrected chi connectivity index (χ3v) is 5.85. The van der Waals surface area contributed by atoms with E-state index in [0.717, 1.165) is 10.2 Å². The Kier molecular flexibility index (Phi) is 7.81. The van der Waals surface area contributed by atoms with Gasteiger partial charge in [0, 0.05) is 18.8 Å². The summed E-state index contributed by atoms with van der Waals surface area (Å²) in [5.74, 6) is -2.67. The minimum atomic E-state index is -1.10. The lowest BCUT2D eigenvalue weighted by atomic mass is 9.98. The molecular formula is C28H25FN4O5. The number of ether oxygens (including phenoxy) is 1. The number of hydrogen-bond acceptors (Lipinski definition) is 5. The van der Waals surface area contributed by atoms with Crippen LogP contribution in [0.2, 0.25) is 0 Å². The zero-order valence-electron chi connectivity index (χ0n) is 20.7. The van der Waals surface area contributed by atoms with E-state index in [1.807, 2.05) is 19.1 Å². The number of rotatable bonds is 8. The first-order valence-corrected chi connectivity index (χ1v) is 11.7. The van der Waals surface area contributed by atoms with Gasteiger partial charge in [0.05, 0.1) is 12.5 Å². The Balaban J connectivity index is 1.67. The van der Waals surface area contributed by atoms with Gasteiger partial charge in [-0.2, -0.15) is 9.78 Å². The van der Waals surface area contributed by atoms with Crippen molar-refractivity contribution in [2.24, 2.45) is 0 Å². The molecule has 0 saturated heterocycles. The summed E-state index contributed by atoms with van der Waals surface area (Å²) >= 11 is 0. The van der Waals surface area contributed by atoms with E-state index in [-0.39, 0.29) is 23.7 Å². The lowest BCUT2D eigenvalue weighted by molar-refractivity contribution is -0.137. The SMILES string of the molecule is Cc1ccccc1[C@H](CC(=O)O)NC(=O)c1cc(OC(=O)N(C)c2ccccc2)n(-c2ccccc2F)n1. The minimum Gasteiger partial charge on any atom is -0.481 e. The predicted octanol–water partition coefficient (Wildman–Crippen LogP) is 4.90. The standard InChI is InChI=1S/C28H25FN4O5/c1-18-10-6-7-13-20(18)22(17-26(34)35)30-27(36)23-16-25(33(31-23)24-15-9-8-14-21(24)29)38-28(37)32(2)19-11-4-3-5-12-19/h3-16,22H,17H2,1-2H3,(H,30,36)(H,34,35)/t22-/m0/s1. The molecule has 1 aromatic heterocycles. The third-order valence-electron chi connectivity index (χ3n) is 5.85. The number of anilines is 1. The van der Waals surface area contributed by atoms with E-state index in [9.17, 15) is 23.9 Å². The number of para-hydroxylation sites is 2. The molecule has 10 heteroatoms. The summed E-state index contributed by atoms with van der Waals surface area (Å²) in [6.45, 7) is 1.81. The highest BCUT2D eigenvalue weighted by Crippen LogP contribution is 2.25. The number of carbonyl (C=O) groups excluding carboxylic acids is 2. The fourth-order valence-corrected chi connectivity index (χ4v) is 3.88. The second-order valence-electron chi connectivity index (χ2n) is 8.47. The maximum Gasteiger partial charge on any atom is 0.420 e. The first-order valence-electron chi connectivity index (χ1n) is 11.7. The summed E-state index contributed by atoms with van der Waals surface area (Å²) in [4.78, 5) is 38.9. The average Bonchev–Trinajstić information content (AvgIpc) is 3.32. The summed E-state index contributed by atoms with van der Waals surface area (Å²) in [5, 5.41) is 16.3. The fraction of sp³-hybridized carbons (Fsp3) is 0.143. The first-order chi connectivity index (χ1) is 18.2. The van der Waals surface area contributed by atoms with Crippen molar-refractivity contribution in [1.29, 1.82) is 0 Å². The molecule has 2 amide bonds. The Hall–Kier alpha value is -4.99. The van der Waals surface area contributed by atoms with Gasteiger partial charge in [-0.1, -0.05) is 54.6 Å². The number of carboxylic acids is 1. The highest BCUT2D eigenvalue weighted by molar-refractivity contribution is 5.94. The van der Waals surface area contributed by atoms with Crippen LogP contribution in [-0.4, -0.2) is 39.9 Å². The van der Waals surface area contributed by atoms with Gasteiger partial charge in [-0.05, 0) is 42.3 Å². The van der Waals surface area contributed by atoms with Crippen LogP contribution in [0.25, 0.3) is 5.69 Å². The Morgan fingerprint density at radius 1 is 1.03 bits per heavy atom. The molecule has 194 valence electrons. The normalized spacial score (nSPS) is 11.4. The van der Waals surface area contributed by atoms with Gasteiger partial charge in [-0.3, -0.25) is 14.5 Å². The summed E-state index contributed by atoms with van der Waals surface area (Å²) in [6, 6.07) is 21.9. The molecule has 0 radical (unpaired) electrons. The lowest BCUT2D eigenvalue weighted by Crippen LogP contribution is -2.31. The van der Waals surface area contributed by atoms with Crippen LogP contribution in [0.1, 0.15) is 34.1 Å². The smallest absolute Gasteiger partial charge is 0.420 e. The van der Waals surface area contributed by atoms with Crippen LogP contribution in [0.3, 0.4) is 0 Å². The lowest BCUT2D eigenvalue weighted by Gasteiger charge is -2.18. The van der Waals surface area contributed by atoms with Crippen LogP contribution in [0.4, 0.5) is 14.9 Å². The van der Waals surface area contributed by atoms with Crippen LogP contribution < -0.4 is 15.0 Å². The van der Waals surface area contributed by atoms with Crippen molar-refractivity contribution in [3.8, 4) is 11.6 Å². The molecule has 0 saturated carbocycles. The van der Waals surface area contributed by atoms with Crippen molar-refractivity contribution >= 4 is 23.7 Å². The van der Waals surface area contributed by atoms with Crippen molar-refractivity contribution in [2.75, 3.05) is 11.9 Å². The highest BCUT2D eigenvalue weighted by atomic mass is 19.1. The Morgan fingerprint density at radius 2 is 1.68 bits per heavy atom. The number of halogens is 1. The van der Waals surface area contributed by atoms with Crippen molar-refractivity contribution in [1.82, 2.24) is 15.1 Å². The number of carboxylic acid groups (broad SMARTS) is 1. The molecule has 0 spiro atoms. The Morgan fingerprint density at radius 3 is 2.37 bits per heavy atom. The molecule has 0 aliphatic heterocycles. The monoisotopic (exact) mass is 516 g/mol. The molecule has 0 aliphatic carbocycles. The van der Waals surface area contributed by atoms with E-state index in [1.54, 1.807) is 48.5 Å². The van der Waals surface area contributed by atoms with Gasteiger partial charge in [0.2, 0.25) is 5.88 Å². The molecule has 0 aliphatic rings. The maximum absolute atomic E-state index is 14.7. The number of aryl methyl sites for hydroxylation is 1. The van der Waals surface area contributed by atoms with E-state index >= 15 is 0 Å². The largest absolute Gasteiger partial charge is 0.481 e. The van der Waals surface area contributed by atoms with E-state index in [4.69, 9.17) is 4.74 Å². The van der Waals surface area contributed by atoms with Gasteiger partial charge < -0.3 is 15.2 Å². The summed E-state index contributed by atoms with van der Waals surface area (Å²) in [6.07, 6.45) is -1.15. The molecule has 9 nitrogen and oxygen atoms in total. The molecule has 0 bridgehead atoms. The summed E-state index contributed by atoms with van der Waals surface area (Å²) < 4.78 is 21.2. The molecule has 0 unspecified atom stereocenters. The van der Waals surface area contributed by atoms with E-state index in [0.29, 0.717) is 11.3 Å². The number of nitrogens with zero attached hydrogens (tertiary/aromatic N) is 3. The van der Waals surface area contributed by atoms with Crippen molar-refractivity contribution in [3.63, 3.8) is 0 Å². The molecule has 0 fully saturated rings. The van der Waals surface area contributed by atoms with Crippen LogP contribution >= 0.6 is 0 Å². The molecule has 38 heavy (non-hydrogen) atoms. The number of nitrogens with one attached hydrogen (secondary N) is 1. The van der Waals surface area contributed by atoms with Crippen molar-refractivity contribution in [3.05, 3.63) is 108 Å². The molecule has 1 atom stereocenters. The van der Waals surface area contributed by atoms with Gasteiger partial charge in [-0.15, -0.1) is 0 Å². The van der Waals surface area contributed by atoms with Crippen LogP contribution in [0.5, 0.6) is 5.88 Å². The molecule has 4 rings (SSSR count). The average molecular weight is 517 g/mol. The van der Waals surface area contributed by atoms with Gasteiger partial charge in [-0.25, -0.2) is 9.18 Å². The number of carbonyl (C=O) groups is 3.